The zero-order valence-corrected chi connectivity index (χ0v) is 15.6. The summed E-state index contributed by atoms with van der Waals surface area (Å²) in [5.41, 5.74) is 4.04. The van der Waals surface area contributed by atoms with Crippen molar-refractivity contribution in [3.63, 3.8) is 0 Å². The first-order valence-electron chi connectivity index (χ1n) is 8.64. The Bertz CT molecular complexity index is 896. The first-order valence-corrected chi connectivity index (χ1v) is 8.64. The number of imidazole rings is 1. The first-order chi connectivity index (χ1) is 12.5. The molecule has 134 valence electrons. The lowest BCUT2D eigenvalue weighted by Crippen LogP contribution is -2.16. The molecule has 2 aromatic carbocycles. The Morgan fingerprint density at radius 3 is 2.54 bits per heavy atom. The predicted molar refractivity (Wildman–Crippen MR) is 105 cm³/mol. The summed E-state index contributed by atoms with van der Waals surface area (Å²) < 4.78 is 2.02. The summed E-state index contributed by atoms with van der Waals surface area (Å²) >= 11 is 0. The smallest absolute Gasteiger partial charge is 0.221 e. The van der Waals surface area contributed by atoms with Crippen LogP contribution in [0.15, 0.2) is 60.9 Å². The van der Waals surface area contributed by atoms with Crippen molar-refractivity contribution in [3.05, 3.63) is 66.5 Å². The van der Waals surface area contributed by atoms with Gasteiger partial charge in [0, 0.05) is 42.3 Å². The molecule has 0 saturated carbocycles. The molecule has 5 heteroatoms. The van der Waals surface area contributed by atoms with Gasteiger partial charge in [-0.15, -0.1) is 0 Å². The lowest BCUT2D eigenvalue weighted by Gasteiger charge is -2.20. The lowest BCUT2D eigenvalue weighted by atomic mass is 10.1. The van der Waals surface area contributed by atoms with Gasteiger partial charge in [0.2, 0.25) is 5.91 Å². The molecule has 1 atom stereocenters. The second-order valence-electron chi connectivity index (χ2n) is 6.61. The predicted octanol–water partition coefficient (Wildman–Crippen LogP) is 4.12. The Balaban J connectivity index is 1.93. The van der Waals surface area contributed by atoms with E-state index in [0.29, 0.717) is 6.04 Å². The van der Waals surface area contributed by atoms with Crippen molar-refractivity contribution in [3.8, 4) is 17.1 Å². The van der Waals surface area contributed by atoms with Crippen LogP contribution in [0, 0.1) is 0 Å². The van der Waals surface area contributed by atoms with E-state index in [-0.39, 0.29) is 5.91 Å². The molecule has 1 N–H and O–H groups in total. The number of carbonyl (C=O) groups excluding carboxylic acids is 1. The van der Waals surface area contributed by atoms with Gasteiger partial charge in [-0.3, -0.25) is 9.36 Å². The number of nitrogens with zero attached hydrogens (tertiary/aromatic N) is 3. The summed E-state index contributed by atoms with van der Waals surface area (Å²) in [6, 6.07) is 16.6. The van der Waals surface area contributed by atoms with Gasteiger partial charge < -0.3 is 10.2 Å². The van der Waals surface area contributed by atoms with Gasteiger partial charge in [0.05, 0.1) is 0 Å². The quantitative estimate of drug-likeness (QED) is 0.754. The fraction of sp³-hybridized carbons (Fsp3) is 0.238. The monoisotopic (exact) mass is 348 g/mol. The van der Waals surface area contributed by atoms with Gasteiger partial charge in [0.1, 0.15) is 5.82 Å². The van der Waals surface area contributed by atoms with Crippen molar-refractivity contribution < 1.29 is 4.79 Å². The first kappa shape index (κ1) is 17.9. The Hall–Kier alpha value is -2.92. The minimum absolute atomic E-state index is 0.0846. The van der Waals surface area contributed by atoms with Crippen LogP contribution in [-0.4, -0.2) is 34.5 Å². The standard InChI is InChI=1S/C21H24N4O/c1-15(24(3)4)17-8-10-18(11-9-17)21-22-12-13-25(21)20-7-5-6-19(14-20)23-16(2)26/h5-15H,1-4H3,(H,23,26). The maximum absolute atomic E-state index is 11.3. The number of hydrogen-bond acceptors (Lipinski definition) is 3. The molecule has 0 radical (unpaired) electrons. The highest BCUT2D eigenvalue weighted by Gasteiger charge is 2.11. The molecule has 1 aromatic heterocycles. The van der Waals surface area contributed by atoms with Crippen molar-refractivity contribution in [2.24, 2.45) is 0 Å². The van der Waals surface area contributed by atoms with E-state index < -0.39 is 0 Å². The minimum Gasteiger partial charge on any atom is -0.326 e. The van der Waals surface area contributed by atoms with Crippen molar-refractivity contribution in [1.82, 2.24) is 14.5 Å². The van der Waals surface area contributed by atoms with E-state index in [1.165, 1.54) is 12.5 Å². The van der Waals surface area contributed by atoms with Crippen molar-refractivity contribution in [2.45, 2.75) is 19.9 Å². The van der Waals surface area contributed by atoms with Gasteiger partial charge in [-0.25, -0.2) is 4.98 Å². The summed E-state index contributed by atoms with van der Waals surface area (Å²) in [6.45, 7) is 3.69. The van der Waals surface area contributed by atoms with Crippen LogP contribution in [0.5, 0.6) is 0 Å². The average Bonchev–Trinajstić information content (AvgIpc) is 3.10. The van der Waals surface area contributed by atoms with E-state index in [2.05, 4.69) is 60.5 Å². The normalized spacial score (nSPS) is 12.2. The second kappa shape index (κ2) is 7.54. The molecule has 0 fully saturated rings. The Kier molecular flexibility index (Phi) is 5.19. The molecule has 0 aliphatic rings. The number of anilines is 1. The highest BCUT2D eigenvalue weighted by Crippen LogP contribution is 2.25. The molecule has 3 rings (SSSR count). The summed E-state index contributed by atoms with van der Waals surface area (Å²) in [5.74, 6) is 0.785. The van der Waals surface area contributed by atoms with Gasteiger partial charge >= 0.3 is 0 Å². The van der Waals surface area contributed by atoms with Crippen molar-refractivity contribution in [1.29, 1.82) is 0 Å². The summed E-state index contributed by atoms with van der Waals surface area (Å²) in [4.78, 5) is 18.0. The SMILES string of the molecule is CC(=O)Nc1cccc(-n2ccnc2-c2ccc(C(C)N(C)C)cc2)c1. The van der Waals surface area contributed by atoms with Crippen LogP contribution in [0.4, 0.5) is 5.69 Å². The highest BCUT2D eigenvalue weighted by molar-refractivity contribution is 5.89. The molecule has 3 aromatic rings. The van der Waals surface area contributed by atoms with E-state index in [4.69, 9.17) is 0 Å². The molecule has 1 amide bonds. The maximum atomic E-state index is 11.3. The number of carbonyl (C=O) groups is 1. The summed E-state index contributed by atoms with van der Waals surface area (Å²) in [6.07, 6.45) is 3.72. The molecule has 1 unspecified atom stereocenters. The van der Waals surface area contributed by atoms with E-state index >= 15 is 0 Å². The van der Waals surface area contributed by atoms with Gasteiger partial charge in [0.25, 0.3) is 0 Å². The van der Waals surface area contributed by atoms with E-state index in [0.717, 1.165) is 22.8 Å². The molecule has 0 saturated heterocycles. The van der Waals surface area contributed by atoms with Gasteiger partial charge in [0.15, 0.2) is 0 Å². The Morgan fingerprint density at radius 2 is 1.88 bits per heavy atom. The van der Waals surface area contributed by atoms with Crippen molar-refractivity contribution in [2.75, 3.05) is 19.4 Å². The molecule has 0 aliphatic carbocycles. The van der Waals surface area contributed by atoms with Crippen LogP contribution in [0.1, 0.15) is 25.5 Å². The van der Waals surface area contributed by atoms with Crippen molar-refractivity contribution >= 4 is 11.6 Å². The average molecular weight is 348 g/mol. The fourth-order valence-electron chi connectivity index (χ4n) is 2.87. The largest absolute Gasteiger partial charge is 0.326 e. The highest BCUT2D eigenvalue weighted by atomic mass is 16.1. The molecule has 1 heterocycles. The third kappa shape index (κ3) is 3.83. The molecule has 0 spiro atoms. The number of nitrogens with one attached hydrogen (secondary N) is 1. The third-order valence-corrected chi connectivity index (χ3v) is 4.51. The molecular weight excluding hydrogens is 324 g/mol. The molecule has 5 nitrogen and oxygen atoms in total. The molecule has 26 heavy (non-hydrogen) atoms. The molecular formula is C21H24N4O. The Morgan fingerprint density at radius 1 is 1.15 bits per heavy atom. The van der Waals surface area contributed by atoms with E-state index in [9.17, 15) is 4.79 Å². The topological polar surface area (TPSA) is 50.2 Å². The number of amides is 1. The summed E-state index contributed by atoms with van der Waals surface area (Å²) in [5, 5.41) is 2.82. The Labute approximate surface area is 154 Å². The van der Waals surface area contributed by atoms with E-state index in [1.54, 1.807) is 6.20 Å². The van der Waals surface area contributed by atoms with Crippen LogP contribution in [0.3, 0.4) is 0 Å². The number of rotatable bonds is 5. The minimum atomic E-state index is -0.0846. The number of aromatic nitrogens is 2. The number of benzene rings is 2. The lowest BCUT2D eigenvalue weighted by molar-refractivity contribution is -0.114. The van der Waals surface area contributed by atoms with Crippen LogP contribution in [0.25, 0.3) is 17.1 Å². The molecule has 0 aliphatic heterocycles. The molecule has 0 bridgehead atoms. The second-order valence-corrected chi connectivity index (χ2v) is 6.61. The number of hydrogen-bond donors (Lipinski definition) is 1. The van der Waals surface area contributed by atoms with Gasteiger partial charge in [-0.1, -0.05) is 30.3 Å². The van der Waals surface area contributed by atoms with Gasteiger partial charge in [-0.05, 0) is 44.8 Å². The van der Waals surface area contributed by atoms with E-state index in [1.807, 2.05) is 35.0 Å². The zero-order valence-electron chi connectivity index (χ0n) is 15.6. The van der Waals surface area contributed by atoms with Crippen LogP contribution in [-0.2, 0) is 4.79 Å². The van der Waals surface area contributed by atoms with Crippen LogP contribution in [0.2, 0.25) is 0 Å². The third-order valence-electron chi connectivity index (χ3n) is 4.51. The zero-order chi connectivity index (χ0) is 18.7. The van der Waals surface area contributed by atoms with Crippen LogP contribution >= 0.6 is 0 Å². The maximum Gasteiger partial charge on any atom is 0.221 e. The summed E-state index contributed by atoms with van der Waals surface area (Å²) in [7, 11) is 4.15. The van der Waals surface area contributed by atoms with Gasteiger partial charge in [-0.2, -0.15) is 0 Å². The van der Waals surface area contributed by atoms with Crippen LogP contribution < -0.4 is 5.32 Å². The fourth-order valence-corrected chi connectivity index (χ4v) is 2.87.